The van der Waals surface area contributed by atoms with Crippen LogP contribution in [-0.2, 0) is 0 Å². The summed E-state index contributed by atoms with van der Waals surface area (Å²) in [4.78, 5) is 10.3. The molecule has 120 valence electrons. The third-order valence-corrected chi connectivity index (χ3v) is 4.25. The van der Waals surface area contributed by atoms with Crippen LogP contribution in [-0.4, -0.2) is 39.2 Å². The molecule has 1 aliphatic heterocycles. The molecule has 1 aromatic carbocycles. The van der Waals surface area contributed by atoms with Crippen LogP contribution in [0, 0.1) is 0 Å². The van der Waals surface area contributed by atoms with E-state index in [4.69, 9.17) is 28.6 Å². The highest BCUT2D eigenvalue weighted by Gasteiger charge is 2.22. The number of anilines is 1. The van der Waals surface area contributed by atoms with Crippen molar-refractivity contribution in [3.63, 3.8) is 0 Å². The van der Waals surface area contributed by atoms with Crippen LogP contribution in [0.4, 0.5) is 5.69 Å². The van der Waals surface area contributed by atoms with Crippen molar-refractivity contribution in [1.82, 2.24) is 14.9 Å². The second kappa shape index (κ2) is 7.57. The Hall–Kier alpha value is -1.92. The molecular formula is C16H17ClN4OS. The molecule has 0 amide bonds. The number of ether oxygens (including phenoxy) is 1. The molecule has 0 atom stereocenters. The van der Waals surface area contributed by atoms with E-state index in [0.29, 0.717) is 11.0 Å². The van der Waals surface area contributed by atoms with Gasteiger partial charge < -0.3 is 15.0 Å². The van der Waals surface area contributed by atoms with Crippen molar-refractivity contribution in [3.05, 3.63) is 47.7 Å². The van der Waals surface area contributed by atoms with Crippen LogP contribution < -0.4 is 10.1 Å². The molecular weight excluding hydrogens is 332 g/mol. The Morgan fingerprint density at radius 1 is 1.17 bits per heavy atom. The van der Waals surface area contributed by atoms with E-state index in [1.807, 2.05) is 24.3 Å². The number of piperidine rings is 1. The summed E-state index contributed by atoms with van der Waals surface area (Å²) >= 11 is 11.4. The van der Waals surface area contributed by atoms with Crippen molar-refractivity contribution in [2.24, 2.45) is 0 Å². The van der Waals surface area contributed by atoms with Gasteiger partial charge in [-0.25, -0.2) is 9.97 Å². The van der Waals surface area contributed by atoms with Gasteiger partial charge in [0.2, 0.25) is 0 Å². The third-order valence-electron chi connectivity index (χ3n) is 3.64. The number of benzene rings is 1. The number of aromatic nitrogens is 2. The van der Waals surface area contributed by atoms with Crippen LogP contribution in [0.2, 0.25) is 5.02 Å². The largest absolute Gasteiger partial charge is 0.460 e. The number of likely N-dealkylation sites (tertiary alicyclic amines) is 1. The van der Waals surface area contributed by atoms with E-state index in [1.165, 1.54) is 0 Å². The highest BCUT2D eigenvalue weighted by molar-refractivity contribution is 7.80. The molecule has 0 spiro atoms. The molecule has 1 aliphatic rings. The van der Waals surface area contributed by atoms with Gasteiger partial charge in [0.25, 0.3) is 0 Å². The van der Waals surface area contributed by atoms with Crippen LogP contribution in [0.25, 0.3) is 0 Å². The minimum Gasteiger partial charge on any atom is -0.460 e. The standard InChI is InChI=1S/C16H17ClN4OS/c17-12-2-4-13(5-3-12)20-16(23)21-10-6-14(7-11-21)22-15-18-8-1-9-19-15/h1-5,8-9,14H,6-7,10-11H2,(H,20,23). The quantitative estimate of drug-likeness (QED) is 0.858. The highest BCUT2D eigenvalue weighted by Crippen LogP contribution is 2.18. The number of nitrogens with one attached hydrogen (secondary N) is 1. The van der Waals surface area contributed by atoms with Crippen LogP contribution in [0.5, 0.6) is 6.01 Å². The molecule has 0 aliphatic carbocycles. The fraction of sp³-hybridized carbons (Fsp3) is 0.312. The van der Waals surface area contributed by atoms with Gasteiger partial charge in [-0.05, 0) is 42.5 Å². The Morgan fingerprint density at radius 2 is 1.83 bits per heavy atom. The summed E-state index contributed by atoms with van der Waals surface area (Å²) in [7, 11) is 0. The van der Waals surface area contributed by atoms with Gasteiger partial charge in [-0.1, -0.05) is 11.6 Å². The zero-order valence-corrected chi connectivity index (χ0v) is 14.1. The summed E-state index contributed by atoms with van der Waals surface area (Å²) in [5.74, 6) is 0. The maximum absolute atomic E-state index is 5.88. The average molecular weight is 349 g/mol. The van der Waals surface area contributed by atoms with Gasteiger partial charge in [0.05, 0.1) is 0 Å². The number of rotatable bonds is 3. The lowest BCUT2D eigenvalue weighted by atomic mass is 10.1. The molecule has 2 heterocycles. The minimum atomic E-state index is 0.131. The van der Waals surface area contributed by atoms with E-state index in [0.717, 1.165) is 36.7 Å². The summed E-state index contributed by atoms with van der Waals surface area (Å²) in [5, 5.41) is 4.67. The van der Waals surface area contributed by atoms with E-state index in [9.17, 15) is 0 Å². The molecule has 2 aromatic rings. The smallest absolute Gasteiger partial charge is 0.316 e. The molecule has 0 unspecified atom stereocenters. The van der Waals surface area contributed by atoms with Gasteiger partial charge in [0.1, 0.15) is 6.10 Å². The Morgan fingerprint density at radius 3 is 2.48 bits per heavy atom. The van der Waals surface area contributed by atoms with Crippen LogP contribution in [0.1, 0.15) is 12.8 Å². The molecule has 1 saturated heterocycles. The van der Waals surface area contributed by atoms with E-state index in [-0.39, 0.29) is 6.10 Å². The number of nitrogens with zero attached hydrogens (tertiary/aromatic N) is 3. The van der Waals surface area contributed by atoms with Crippen LogP contribution >= 0.6 is 23.8 Å². The summed E-state index contributed by atoms with van der Waals surface area (Å²) in [6, 6.07) is 9.72. The topological polar surface area (TPSA) is 50.3 Å². The normalized spacial score (nSPS) is 15.3. The molecule has 5 nitrogen and oxygen atoms in total. The highest BCUT2D eigenvalue weighted by atomic mass is 35.5. The second-order valence-corrected chi connectivity index (χ2v) is 6.10. The molecule has 23 heavy (non-hydrogen) atoms. The molecule has 3 rings (SSSR count). The fourth-order valence-electron chi connectivity index (χ4n) is 2.41. The summed E-state index contributed by atoms with van der Waals surface area (Å²) < 4.78 is 5.79. The predicted octanol–water partition coefficient (Wildman–Crippen LogP) is 3.37. The zero-order valence-electron chi connectivity index (χ0n) is 12.5. The molecule has 0 saturated carbocycles. The Labute approximate surface area is 145 Å². The van der Waals surface area contributed by atoms with Gasteiger partial charge >= 0.3 is 6.01 Å². The molecule has 1 aromatic heterocycles. The SMILES string of the molecule is S=C(Nc1ccc(Cl)cc1)N1CCC(Oc2ncccn2)CC1. The lowest BCUT2D eigenvalue weighted by molar-refractivity contribution is 0.121. The maximum Gasteiger partial charge on any atom is 0.316 e. The summed E-state index contributed by atoms with van der Waals surface area (Å²) in [6.45, 7) is 1.69. The first-order valence-corrected chi connectivity index (χ1v) is 8.24. The lowest BCUT2D eigenvalue weighted by Crippen LogP contribution is -2.43. The number of hydrogen-bond acceptors (Lipinski definition) is 4. The number of hydrogen-bond donors (Lipinski definition) is 1. The van der Waals surface area contributed by atoms with Crippen LogP contribution in [0.15, 0.2) is 42.7 Å². The average Bonchev–Trinajstić information content (AvgIpc) is 2.58. The van der Waals surface area contributed by atoms with Gasteiger partial charge in [0.15, 0.2) is 5.11 Å². The predicted molar refractivity (Wildman–Crippen MR) is 94.9 cm³/mol. The first-order valence-electron chi connectivity index (χ1n) is 7.46. The van der Waals surface area contributed by atoms with Crippen molar-refractivity contribution in [2.45, 2.75) is 18.9 Å². The van der Waals surface area contributed by atoms with Crippen molar-refractivity contribution in [3.8, 4) is 6.01 Å². The first-order chi connectivity index (χ1) is 11.2. The lowest BCUT2D eigenvalue weighted by Gasteiger charge is -2.33. The summed E-state index contributed by atoms with van der Waals surface area (Å²) in [5.41, 5.74) is 0.940. The Kier molecular flexibility index (Phi) is 5.25. The van der Waals surface area contributed by atoms with E-state index < -0.39 is 0 Å². The van der Waals surface area contributed by atoms with Gasteiger partial charge in [0, 0.05) is 49.0 Å². The van der Waals surface area contributed by atoms with E-state index >= 15 is 0 Å². The van der Waals surface area contributed by atoms with Crippen LogP contribution in [0.3, 0.4) is 0 Å². The van der Waals surface area contributed by atoms with Crippen molar-refractivity contribution >= 4 is 34.6 Å². The molecule has 0 bridgehead atoms. The maximum atomic E-state index is 5.88. The zero-order chi connectivity index (χ0) is 16.1. The molecule has 1 fully saturated rings. The van der Waals surface area contributed by atoms with Crippen molar-refractivity contribution in [2.75, 3.05) is 18.4 Å². The van der Waals surface area contributed by atoms with Gasteiger partial charge in [-0.15, -0.1) is 0 Å². The number of halogens is 1. The fourth-order valence-corrected chi connectivity index (χ4v) is 2.83. The Bertz CT molecular complexity index is 645. The minimum absolute atomic E-state index is 0.131. The molecule has 7 heteroatoms. The van der Waals surface area contributed by atoms with Crippen molar-refractivity contribution in [1.29, 1.82) is 0 Å². The monoisotopic (exact) mass is 348 g/mol. The summed E-state index contributed by atoms with van der Waals surface area (Å²) in [6.07, 6.45) is 5.28. The second-order valence-electron chi connectivity index (χ2n) is 5.27. The molecule has 1 N–H and O–H groups in total. The molecule has 0 radical (unpaired) electrons. The van der Waals surface area contributed by atoms with E-state index in [1.54, 1.807) is 18.5 Å². The number of thiocarbonyl (C=S) groups is 1. The van der Waals surface area contributed by atoms with Gasteiger partial charge in [-0.2, -0.15) is 0 Å². The first kappa shape index (κ1) is 16.0. The van der Waals surface area contributed by atoms with Gasteiger partial charge in [-0.3, -0.25) is 0 Å². The third kappa shape index (κ3) is 4.53. The van der Waals surface area contributed by atoms with E-state index in [2.05, 4.69) is 20.2 Å². The Balaban J connectivity index is 1.48. The van der Waals surface area contributed by atoms with Crippen molar-refractivity contribution < 1.29 is 4.74 Å².